The number of cyclic esters (lactones) is 1. The van der Waals surface area contributed by atoms with Crippen LogP contribution in [0, 0.1) is 0 Å². The van der Waals surface area contributed by atoms with Gasteiger partial charge in [-0.15, -0.1) is 0 Å². The van der Waals surface area contributed by atoms with Gasteiger partial charge in [0.15, 0.2) is 11.5 Å². The molecule has 3 rings (SSSR count). The maximum atomic E-state index is 12.1. The fraction of sp³-hybridized carbons (Fsp3) is 0.231. The van der Waals surface area contributed by atoms with Crippen molar-refractivity contribution in [2.45, 2.75) is 6.23 Å². The summed E-state index contributed by atoms with van der Waals surface area (Å²) in [4.78, 5) is 23.1. The largest absolute Gasteiger partial charge is 0.493 e. The summed E-state index contributed by atoms with van der Waals surface area (Å²) in [5, 5.41) is 18.3. The lowest BCUT2D eigenvalue weighted by atomic mass is 10.1. The fourth-order valence-electron chi connectivity index (χ4n) is 2.26. The molecule has 10 heteroatoms. The van der Waals surface area contributed by atoms with Crippen LogP contribution in [0.2, 0.25) is 0 Å². The molecule has 0 saturated heterocycles. The van der Waals surface area contributed by atoms with Crippen molar-refractivity contribution < 1.29 is 33.5 Å². The number of aromatic nitrogens is 2. The van der Waals surface area contributed by atoms with E-state index in [4.69, 9.17) is 19.3 Å². The predicted molar refractivity (Wildman–Crippen MR) is 72.6 cm³/mol. The Hall–Kier alpha value is -3.30. The van der Waals surface area contributed by atoms with Gasteiger partial charge in [-0.05, 0) is 22.4 Å². The monoisotopic (exact) mass is 321 g/mol. The molecule has 0 bridgehead atoms. The zero-order valence-corrected chi connectivity index (χ0v) is 12.0. The quantitative estimate of drug-likeness (QED) is 0.770. The van der Waals surface area contributed by atoms with Gasteiger partial charge in [0.05, 0.1) is 14.2 Å². The summed E-state index contributed by atoms with van der Waals surface area (Å²) in [6.07, 6.45) is -0.956. The number of benzene rings is 1. The summed E-state index contributed by atoms with van der Waals surface area (Å²) in [5.74, 6) is -1.51. The van der Waals surface area contributed by atoms with Gasteiger partial charge >= 0.3 is 11.9 Å². The van der Waals surface area contributed by atoms with Crippen LogP contribution in [0.25, 0.3) is 0 Å². The molecule has 23 heavy (non-hydrogen) atoms. The highest BCUT2D eigenvalue weighted by molar-refractivity contribution is 5.98. The highest BCUT2D eigenvalue weighted by Crippen LogP contribution is 2.42. The first-order valence-electron chi connectivity index (χ1n) is 6.35. The van der Waals surface area contributed by atoms with E-state index in [1.54, 1.807) is 12.1 Å². The van der Waals surface area contributed by atoms with E-state index in [-0.39, 0.29) is 17.1 Å². The van der Waals surface area contributed by atoms with Crippen LogP contribution in [0.15, 0.2) is 16.8 Å². The van der Waals surface area contributed by atoms with Crippen molar-refractivity contribution in [2.24, 2.45) is 0 Å². The van der Waals surface area contributed by atoms with Gasteiger partial charge in [-0.3, -0.25) is 0 Å². The SMILES string of the molecule is COc1ccc2c(c1OC)C(=O)O[C@H]2Nc1nonc1C(=O)O. The maximum absolute atomic E-state index is 12.1. The van der Waals surface area contributed by atoms with Crippen LogP contribution >= 0.6 is 0 Å². The number of nitrogens with zero attached hydrogens (tertiary/aromatic N) is 2. The molecule has 1 aromatic heterocycles. The Balaban J connectivity index is 1.99. The molecule has 2 heterocycles. The molecule has 0 unspecified atom stereocenters. The minimum absolute atomic E-state index is 0.155. The average molecular weight is 321 g/mol. The number of esters is 1. The molecular weight excluding hydrogens is 310 g/mol. The third kappa shape index (κ3) is 2.29. The van der Waals surface area contributed by atoms with E-state index < -0.39 is 23.9 Å². The van der Waals surface area contributed by atoms with E-state index in [0.717, 1.165) is 0 Å². The van der Waals surface area contributed by atoms with Crippen LogP contribution < -0.4 is 14.8 Å². The topological polar surface area (TPSA) is 133 Å². The molecule has 0 amide bonds. The summed E-state index contributed by atoms with van der Waals surface area (Å²) >= 11 is 0. The minimum atomic E-state index is -1.33. The van der Waals surface area contributed by atoms with E-state index in [1.165, 1.54) is 14.2 Å². The van der Waals surface area contributed by atoms with Crippen molar-refractivity contribution >= 4 is 17.8 Å². The van der Waals surface area contributed by atoms with Crippen LogP contribution in [0.3, 0.4) is 0 Å². The van der Waals surface area contributed by atoms with E-state index in [0.29, 0.717) is 11.3 Å². The molecule has 0 spiro atoms. The molecule has 10 nitrogen and oxygen atoms in total. The van der Waals surface area contributed by atoms with Crippen LogP contribution in [0.1, 0.15) is 32.6 Å². The molecule has 2 aromatic rings. The third-order valence-corrected chi connectivity index (χ3v) is 3.25. The van der Waals surface area contributed by atoms with Crippen molar-refractivity contribution in [2.75, 3.05) is 19.5 Å². The van der Waals surface area contributed by atoms with E-state index in [9.17, 15) is 9.59 Å². The first-order valence-corrected chi connectivity index (χ1v) is 6.35. The molecule has 1 atom stereocenters. The minimum Gasteiger partial charge on any atom is -0.493 e. The van der Waals surface area contributed by atoms with Gasteiger partial charge in [0.25, 0.3) is 0 Å². The number of carbonyl (C=O) groups excluding carboxylic acids is 1. The number of ether oxygens (including phenoxy) is 3. The zero-order valence-electron chi connectivity index (χ0n) is 12.0. The van der Waals surface area contributed by atoms with Gasteiger partial charge < -0.3 is 24.6 Å². The Labute approximate surface area is 128 Å². The number of hydrogen-bond acceptors (Lipinski definition) is 9. The molecule has 1 aromatic carbocycles. The Morgan fingerprint density at radius 2 is 2.09 bits per heavy atom. The number of fused-ring (bicyclic) bond motifs is 1. The lowest BCUT2D eigenvalue weighted by molar-refractivity contribution is 0.0434. The number of rotatable bonds is 5. The molecule has 1 aliphatic heterocycles. The van der Waals surface area contributed by atoms with Gasteiger partial charge in [-0.1, -0.05) is 0 Å². The summed E-state index contributed by atoms with van der Waals surface area (Å²) in [5.41, 5.74) is 0.222. The first kappa shape index (κ1) is 14.6. The fourth-order valence-corrected chi connectivity index (χ4v) is 2.26. The standard InChI is InChI=1S/C13H11N3O7/c1-20-6-4-3-5-7(9(6)21-2)13(19)22-11(5)14-10-8(12(17)18)15-23-16-10/h3-4,11H,1-2H3,(H,14,16)(H,17,18)/t11-/m1/s1. The molecule has 120 valence electrons. The number of carboxylic acids is 1. The van der Waals surface area contributed by atoms with Gasteiger partial charge in [0.1, 0.15) is 5.56 Å². The Morgan fingerprint density at radius 1 is 1.30 bits per heavy atom. The average Bonchev–Trinajstić information content (AvgIpc) is 3.12. The summed E-state index contributed by atoms with van der Waals surface area (Å²) in [6, 6.07) is 3.21. The number of hydrogen-bond donors (Lipinski definition) is 2. The number of carboxylic acid groups (broad SMARTS) is 1. The van der Waals surface area contributed by atoms with Gasteiger partial charge in [0.2, 0.25) is 17.7 Å². The summed E-state index contributed by atoms with van der Waals surface area (Å²) in [6.45, 7) is 0. The Kier molecular flexibility index (Phi) is 3.48. The molecule has 1 aliphatic rings. The van der Waals surface area contributed by atoms with Crippen LogP contribution in [-0.4, -0.2) is 41.6 Å². The zero-order chi connectivity index (χ0) is 16.6. The second-order valence-corrected chi connectivity index (χ2v) is 4.46. The Morgan fingerprint density at radius 3 is 2.74 bits per heavy atom. The molecule has 0 saturated carbocycles. The third-order valence-electron chi connectivity index (χ3n) is 3.25. The van der Waals surface area contributed by atoms with Gasteiger partial charge in [-0.25, -0.2) is 14.2 Å². The highest BCUT2D eigenvalue weighted by Gasteiger charge is 2.37. The van der Waals surface area contributed by atoms with E-state index in [1.807, 2.05) is 0 Å². The van der Waals surface area contributed by atoms with Crippen LogP contribution in [0.4, 0.5) is 5.82 Å². The van der Waals surface area contributed by atoms with Gasteiger partial charge in [0, 0.05) is 5.56 Å². The molecule has 2 N–H and O–H groups in total. The highest BCUT2D eigenvalue weighted by atomic mass is 16.6. The number of nitrogens with one attached hydrogen (secondary N) is 1. The molecule has 0 fully saturated rings. The summed E-state index contributed by atoms with van der Waals surface area (Å²) < 4.78 is 19.9. The van der Waals surface area contributed by atoms with E-state index in [2.05, 4.69) is 20.3 Å². The number of methoxy groups -OCH3 is 2. The van der Waals surface area contributed by atoms with Crippen LogP contribution in [-0.2, 0) is 4.74 Å². The smallest absolute Gasteiger partial charge is 0.362 e. The lowest BCUT2D eigenvalue weighted by Crippen LogP contribution is -2.13. The van der Waals surface area contributed by atoms with Crippen molar-refractivity contribution in [1.82, 2.24) is 10.3 Å². The summed E-state index contributed by atoms with van der Waals surface area (Å²) in [7, 11) is 2.84. The van der Waals surface area contributed by atoms with Crippen LogP contribution in [0.5, 0.6) is 11.5 Å². The van der Waals surface area contributed by atoms with Crippen molar-refractivity contribution in [3.05, 3.63) is 29.0 Å². The molecular formula is C13H11N3O7. The lowest BCUT2D eigenvalue weighted by Gasteiger charge is -2.13. The van der Waals surface area contributed by atoms with E-state index >= 15 is 0 Å². The van der Waals surface area contributed by atoms with Crippen molar-refractivity contribution in [3.8, 4) is 11.5 Å². The van der Waals surface area contributed by atoms with Gasteiger partial charge in [-0.2, -0.15) is 0 Å². The number of carbonyl (C=O) groups is 2. The number of aromatic carboxylic acids is 1. The van der Waals surface area contributed by atoms with Crippen molar-refractivity contribution in [3.63, 3.8) is 0 Å². The second kappa shape index (κ2) is 5.48. The van der Waals surface area contributed by atoms with Crippen molar-refractivity contribution in [1.29, 1.82) is 0 Å². The number of anilines is 1. The normalized spacial score (nSPS) is 15.7. The Bertz CT molecular complexity index is 786. The molecule has 0 radical (unpaired) electrons. The second-order valence-electron chi connectivity index (χ2n) is 4.46. The molecule has 0 aliphatic carbocycles. The predicted octanol–water partition coefficient (Wildman–Crippen LogP) is 1.07. The maximum Gasteiger partial charge on any atom is 0.362 e. The first-order chi connectivity index (χ1) is 11.1.